The molecule has 0 spiro atoms. The maximum Gasteiger partial charge on any atom is 0.236 e. The van der Waals surface area contributed by atoms with Crippen molar-refractivity contribution in [1.29, 1.82) is 0 Å². The fourth-order valence-corrected chi connectivity index (χ4v) is 1.37. The Morgan fingerprint density at radius 2 is 2.21 bits per heavy atom. The number of rotatable bonds is 7. The van der Waals surface area contributed by atoms with Crippen molar-refractivity contribution in [2.45, 2.75) is 45.2 Å². The largest absolute Gasteiger partial charge is 0.358 e. The Morgan fingerprint density at radius 1 is 1.57 bits per heavy atom. The minimum atomic E-state index is -0.116. The highest BCUT2D eigenvalue weighted by Crippen LogP contribution is 2.03. The van der Waals surface area contributed by atoms with Crippen molar-refractivity contribution in [1.82, 2.24) is 10.6 Å². The molecule has 0 heterocycles. The summed E-state index contributed by atoms with van der Waals surface area (Å²) < 4.78 is 0. The van der Waals surface area contributed by atoms with Gasteiger partial charge in [-0.3, -0.25) is 4.79 Å². The zero-order chi connectivity index (χ0) is 11.0. The second kappa shape index (κ2) is 7.56. The maximum atomic E-state index is 11.2. The standard InChI is InChI=1S/C11H22N2O/c1-5-7-8-10(6-2)13-9(3)11(14)12-4/h5,9-10,13H,1,6-8H2,2-4H3,(H,12,14)/t9-,10?/m1/s1. The van der Waals surface area contributed by atoms with Gasteiger partial charge >= 0.3 is 0 Å². The van der Waals surface area contributed by atoms with Crippen molar-refractivity contribution in [2.24, 2.45) is 0 Å². The number of carbonyl (C=O) groups is 1. The number of likely N-dealkylation sites (N-methyl/N-ethyl adjacent to an activating group) is 1. The number of nitrogens with one attached hydrogen (secondary N) is 2. The van der Waals surface area contributed by atoms with Crippen LogP contribution in [0.1, 0.15) is 33.1 Å². The fraction of sp³-hybridized carbons (Fsp3) is 0.727. The van der Waals surface area contributed by atoms with Gasteiger partial charge in [0.2, 0.25) is 5.91 Å². The lowest BCUT2D eigenvalue weighted by atomic mass is 10.1. The zero-order valence-electron chi connectivity index (χ0n) is 9.47. The van der Waals surface area contributed by atoms with Crippen molar-refractivity contribution in [2.75, 3.05) is 7.05 Å². The lowest BCUT2D eigenvalue weighted by Gasteiger charge is -2.20. The van der Waals surface area contributed by atoms with E-state index in [9.17, 15) is 4.79 Å². The summed E-state index contributed by atoms with van der Waals surface area (Å²) in [5.74, 6) is 0.0436. The van der Waals surface area contributed by atoms with E-state index >= 15 is 0 Å². The van der Waals surface area contributed by atoms with Gasteiger partial charge in [0.1, 0.15) is 0 Å². The molecule has 0 bridgehead atoms. The third-order valence-electron chi connectivity index (χ3n) is 2.34. The fourth-order valence-electron chi connectivity index (χ4n) is 1.37. The Kier molecular flexibility index (Phi) is 7.11. The molecule has 3 nitrogen and oxygen atoms in total. The first-order valence-corrected chi connectivity index (χ1v) is 5.24. The van der Waals surface area contributed by atoms with Gasteiger partial charge in [-0.2, -0.15) is 0 Å². The van der Waals surface area contributed by atoms with Crippen LogP contribution >= 0.6 is 0 Å². The van der Waals surface area contributed by atoms with Crippen LogP contribution in [-0.4, -0.2) is 25.0 Å². The predicted octanol–water partition coefficient (Wildman–Crippen LogP) is 1.46. The molecule has 0 aliphatic carbocycles. The summed E-state index contributed by atoms with van der Waals surface area (Å²) in [7, 11) is 1.66. The van der Waals surface area contributed by atoms with Gasteiger partial charge in [-0.25, -0.2) is 0 Å². The van der Waals surface area contributed by atoms with Gasteiger partial charge in [-0.1, -0.05) is 13.0 Å². The van der Waals surface area contributed by atoms with Crippen LogP contribution in [0, 0.1) is 0 Å². The molecular weight excluding hydrogens is 176 g/mol. The minimum Gasteiger partial charge on any atom is -0.358 e. The molecule has 0 saturated carbocycles. The third kappa shape index (κ3) is 5.02. The molecule has 82 valence electrons. The summed E-state index contributed by atoms with van der Waals surface area (Å²) in [5, 5.41) is 5.92. The van der Waals surface area contributed by atoms with Crippen molar-refractivity contribution in [3.8, 4) is 0 Å². The predicted molar refractivity (Wildman–Crippen MR) is 60.2 cm³/mol. The highest BCUT2D eigenvalue weighted by Gasteiger charge is 2.14. The van der Waals surface area contributed by atoms with E-state index in [0.717, 1.165) is 19.3 Å². The molecule has 0 rings (SSSR count). The first-order valence-electron chi connectivity index (χ1n) is 5.24. The molecule has 0 aliphatic heterocycles. The summed E-state index contributed by atoms with van der Waals surface area (Å²) in [5.41, 5.74) is 0. The maximum absolute atomic E-state index is 11.2. The number of carbonyl (C=O) groups excluding carboxylic acids is 1. The lowest BCUT2D eigenvalue weighted by molar-refractivity contribution is -0.122. The van der Waals surface area contributed by atoms with Crippen LogP contribution in [0.25, 0.3) is 0 Å². The molecule has 0 aromatic rings. The Balaban J connectivity index is 3.90. The molecule has 2 atom stereocenters. The number of amides is 1. The Morgan fingerprint density at radius 3 is 2.64 bits per heavy atom. The minimum absolute atomic E-state index is 0.0436. The molecule has 0 fully saturated rings. The quantitative estimate of drug-likeness (QED) is 0.608. The number of hydrogen-bond acceptors (Lipinski definition) is 2. The van der Waals surface area contributed by atoms with E-state index in [4.69, 9.17) is 0 Å². The van der Waals surface area contributed by atoms with Gasteiger partial charge in [0.05, 0.1) is 6.04 Å². The lowest BCUT2D eigenvalue weighted by Crippen LogP contribution is -2.45. The second-order valence-corrected chi connectivity index (χ2v) is 3.47. The van der Waals surface area contributed by atoms with Crippen LogP contribution < -0.4 is 10.6 Å². The number of hydrogen-bond donors (Lipinski definition) is 2. The average Bonchev–Trinajstić information content (AvgIpc) is 2.22. The van der Waals surface area contributed by atoms with E-state index in [-0.39, 0.29) is 11.9 Å². The summed E-state index contributed by atoms with van der Waals surface area (Å²) in [6.07, 6.45) is 4.98. The van der Waals surface area contributed by atoms with Crippen molar-refractivity contribution >= 4 is 5.91 Å². The summed E-state index contributed by atoms with van der Waals surface area (Å²) in [4.78, 5) is 11.2. The summed E-state index contributed by atoms with van der Waals surface area (Å²) >= 11 is 0. The normalized spacial score (nSPS) is 14.5. The van der Waals surface area contributed by atoms with Crippen LogP contribution in [0.3, 0.4) is 0 Å². The highest BCUT2D eigenvalue weighted by atomic mass is 16.2. The second-order valence-electron chi connectivity index (χ2n) is 3.47. The summed E-state index contributed by atoms with van der Waals surface area (Å²) in [6.45, 7) is 7.70. The van der Waals surface area contributed by atoms with E-state index in [0.29, 0.717) is 6.04 Å². The van der Waals surface area contributed by atoms with Gasteiger partial charge in [0.25, 0.3) is 0 Å². The molecular formula is C11H22N2O. The number of allylic oxidation sites excluding steroid dienone is 1. The van der Waals surface area contributed by atoms with Crippen LogP contribution in [0.5, 0.6) is 0 Å². The van der Waals surface area contributed by atoms with E-state index in [1.807, 2.05) is 13.0 Å². The molecule has 0 radical (unpaired) electrons. The molecule has 0 aromatic heterocycles. The molecule has 1 amide bonds. The van der Waals surface area contributed by atoms with Crippen LogP contribution in [0.2, 0.25) is 0 Å². The Hall–Kier alpha value is -0.830. The van der Waals surface area contributed by atoms with Crippen molar-refractivity contribution in [3.63, 3.8) is 0 Å². The average molecular weight is 198 g/mol. The first-order chi connectivity index (χ1) is 6.65. The van der Waals surface area contributed by atoms with E-state index in [1.54, 1.807) is 7.05 Å². The molecule has 0 saturated heterocycles. The van der Waals surface area contributed by atoms with Crippen LogP contribution in [0.4, 0.5) is 0 Å². The van der Waals surface area contributed by atoms with E-state index in [2.05, 4.69) is 24.1 Å². The highest BCUT2D eigenvalue weighted by molar-refractivity contribution is 5.80. The zero-order valence-corrected chi connectivity index (χ0v) is 9.47. The topological polar surface area (TPSA) is 41.1 Å². The van der Waals surface area contributed by atoms with Gasteiger partial charge in [0, 0.05) is 13.1 Å². The smallest absolute Gasteiger partial charge is 0.236 e. The monoisotopic (exact) mass is 198 g/mol. The van der Waals surface area contributed by atoms with Crippen LogP contribution in [-0.2, 0) is 4.79 Å². The molecule has 14 heavy (non-hydrogen) atoms. The molecule has 2 N–H and O–H groups in total. The first kappa shape index (κ1) is 13.2. The van der Waals surface area contributed by atoms with E-state index in [1.165, 1.54) is 0 Å². The Labute approximate surface area is 87.0 Å². The molecule has 0 aromatic carbocycles. The van der Waals surface area contributed by atoms with Crippen molar-refractivity contribution < 1.29 is 4.79 Å². The molecule has 3 heteroatoms. The molecule has 0 aliphatic rings. The van der Waals surface area contributed by atoms with Gasteiger partial charge in [-0.05, 0) is 26.2 Å². The van der Waals surface area contributed by atoms with Crippen LogP contribution in [0.15, 0.2) is 12.7 Å². The van der Waals surface area contributed by atoms with Gasteiger partial charge in [-0.15, -0.1) is 6.58 Å². The third-order valence-corrected chi connectivity index (χ3v) is 2.34. The summed E-state index contributed by atoms with van der Waals surface area (Å²) in [6, 6.07) is 0.287. The van der Waals surface area contributed by atoms with Gasteiger partial charge in [0.15, 0.2) is 0 Å². The van der Waals surface area contributed by atoms with Gasteiger partial charge < -0.3 is 10.6 Å². The molecule has 1 unspecified atom stereocenters. The van der Waals surface area contributed by atoms with E-state index < -0.39 is 0 Å². The van der Waals surface area contributed by atoms with Crippen molar-refractivity contribution in [3.05, 3.63) is 12.7 Å². The Bertz CT molecular complexity index is 180. The SMILES string of the molecule is C=CCCC(CC)N[C@H](C)C(=O)NC.